The van der Waals surface area contributed by atoms with E-state index in [0.29, 0.717) is 6.61 Å². The molecule has 2 nitrogen and oxygen atoms in total. The summed E-state index contributed by atoms with van der Waals surface area (Å²) < 4.78 is 6.03. The molecule has 0 saturated carbocycles. The third-order valence-corrected chi connectivity index (χ3v) is 4.32. The number of aryl methyl sites for hydroxylation is 2. The normalized spacial score (nSPS) is 19.0. The van der Waals surface area contributed by atoms with Gasteiger partial charge in [0.15, 0.2) is 0 Å². The summed E-state index contributed by atoms with van der Waals surface area (Å²) in [5, 5.41) is 10.4. The second-order valence-corrected chi connectivity index (χ2v) is 5.79. The van der Waals surface area contributed by atoms with Crippen molar-refractivity contribution in [3.8, 4) is 0 Å². The molecule has 2 unspecified atom stereocenters. The predicted molar refractivity (Wildman–Crippen MR) is 84.2 cm³/mol. The summed E-state index contributed by atoms with van der Waals surface area (Å²) in [4.78, 5) is 0. The van der Waals surface area contributed by atoms with Crippen LogP contribution in [0.25, 0.3) is 0 Å². The number of benzene rings is 2. The van der Waals surface area contributed by atoms with E-state index in [1.165, 1.54) is 11.1 Å². The van der Waals surface area contributed by atoms with Crippen LogP contribution >= 0.6 is 0 Å². The van der Waals surface area contributed by atoms with E-state index in [2.05, 4.69) is 24.3 Å². The standard InChI is InChI=1S/C19H22O2/c1-14-7-2-4-10-16(14)18(20)13-21-19-12-6-9-15-8-3-5-11-17(15)19/h2-5,7-8,10-11,18-20H,6,9,12-13H2,1H3. The first-order valence-electron chi connectivity index (χ1n) is 7.68. The molecule has 0 spiro atoms. The molecule has 3 rings (SSSR count). The van der Waals surface area contributed by atoms with Gasteiger partial charge in [0.05, 0.1) is 12.7 Å². The van der Waals surface area contributed by atoms with Gasteiger partial charge in [-0.15, -0.1) is 0 Å². The number of fused-ring (bicyclic) bond motifs is 1. The molecule has 2 aromatic carbocycles. The van der Waals surface area contributed by atoms with Gasteiger partial charge in [-0.05, 0) is 48.4 Å². The molecule has 2 aromatic rings. The fourth-order valence-corrected chi connectivity index (χ4v) is 3.14. The van der Waals surface area contributed by atoms with Gasteiger partial charge in [0, 0.05) is 0 Å². The van der Waals surface area contributed by atoms with Gasteiger partial charge in [0.1, 0.15) is 6.10 Å². The molecule has 0 amide bonds. The van der Waals surface area contributed by atoms with E-state index in [-0.39, 0.29) is 6.10 Å². The summed E-state index contributed by atoms with van der Waals surface area (Å²) in [5.74, 6) is 0. The highest BCUT2D eigenvalue weighted by Gasteiger charge is 2.21. The monoisotopic (exact) mass is 282 g/mol. The second-order valence-electron chi connectivity index (χ2n) is 5.79. The molecule has 0 bridgehead atoms. The minimum Gasteiger partial charge on any atom is -0.386 e. The lowest BCUT2D eigenvalue weighted by molar-refractivity contribution is -0.0185. The summed E-state index contributed by atoms with van der Waals surface area (Å²) >= 11 is 0. The fourth-order valence-electron chi connectivity index (χ4n) is 3.14. The topological polar surface area (TPSA) is 29.5 Å². The molecule has 0 aromatic heterocycles. The van der Waals surface area contributed by atoms with Crippen molar-refractivity contribution >= 4 is 0 Å². The maximum atomic E-state index is 10.4. The molecule has 1 aliphatic carbocycles. The second kappa shape index (κ2) is 6.42. The van der Waals surface area contributed by atoms with E-state index in [1.807, 2.05) is 31.2 Å². The summed E-state index contributed by atoms with van der Waals surface area (Å²) in [6.45, 7) is 2.37. The maximum absolute atomic E-state index is 10.4. The van der Waals surface area contributed by atoms with Gasteiger partial charge in [0.25, 0.3) is 0 Å². The van der Waals surface area contributed by atoms with Gasteiger partial charge in [0.2, 0.25) is 0 Å². The third kappa shape index (κ3) is 3.17. The Bertz CT molecular complexity index is 606. The van der Waals surface area contributed by atoms with Crippen molar-refractivity contribution in [1.82, 2.24) is 0 Å². The maximum Gasteiger partial charge on any atom is 0.103 e. The summed E-state index contributed by atoms with van der Waals surface area (Å²) in [6, 6.07) is 16.4. The molecular formula is C19H22O2. The Morgan fingerprint density at radius 1 is 1.14 bits per heavy atom. The van der Waals surface area contributed by atoms with Gasteiger partial charge in [-0.1, -0.05) is 48.5 Å². The Morgan fingerprint density at radius 2 is 1.90 bits per heavy atom. The summed E-state index contributed by atoms with van der Waals surface area (Å²) in [6.07, 6.45) is 2.89. The first-order valence-corrected chi connectivity index (χ1v) is 7.68. The zero-order valence-corrected chi connectivity index (χ0v) is 12.5. The molecule has 2 atom stereocenters. The molecule has 0 saturated heterocycles. The number of hydrogen-bond acceptors (Lipinski definition) is 2. The summed E-state index contributed by atoms with van der Waals surface area (Å²) in [5.41, 5.74) is 4.75. The van der Waals surface area contributed by atoms with Crippen LogP contribution in [0.3, 0.4) is 0 Å². The first kappa shape index (κ1) is 14.3. The zero-order valence-electron chi connectivity index (χ0n) is 12.5. The van der Waals surface area contributed by atoms with E-state index < -0.39 is 6.10 Å². The van der Waals surface area contributed by atoms with Crippen LogP contribution in [0.4, 0.5) is 0 Å². The molecule has 2 heteroatoms. The van der Waals surface area contributed by atoms with Gasteiger partial charge >= 0.3 is 0 Å². The lowest BCUT2D eigenvalue weighted by Crippen LogP contribution is -2.16. The minimum absolute atomic E-state index is 0.119. The van der Waals surface area contributed by atoms with Crippen molar-refractivity contribution in [1.29, 1.82) is 0 Å². The molecule has 1 aliphatic rings. The summed E-state index contributed by atoms with van der Waals surface area (Å²) in [7, 11) is 0. The van der Waals surface area contributed by atoms with Gasteiger partial charge < -0.3 is 9.84 Å². The van der Waals surface area contributed by atoms with E-state index in [1.54, 1.807) is 0 Å². The molecule has 21 heavy (non-hydrogen) atoms. The minimum atomic E-state index is -0.555. The SMILES string of the molecule is Cc1ccccc1C(O)COC1CCCc2ccccc21. The van der Waals surface area contributed by atoms with Gasteiger partial charge in [-0.25, -0.2) is 0 Å². The van der Waals surface area contributed by atoms with Crippen molar-refractivity contribution in [3.05, 3.63) is 70.8 Å². The number of ether oxygens (including phenoxy) is 1. The number of aliphatic hydroxyl groups excluding tert-OH is 1. The van der Waals surface area contributed by atoms with E-state index in [0.717, 1.165) is 30.4 Å². The highest BCUT2D eigenvalue weighted by molar-refractivity contribution is 5.31. The number of aliphatic hydroxyl groups is 1. The Morgan fingerprint density at radius 3 is 2.76 bits per heavy atom. The van der Waals surface area contributed by atoms with Crippen molar-refractivity contribution in [2.45, 2.75) is 38.4 Å². The van der Waals surface area contributed by atoms with Crippen molar-refractivity contribution in [2.75, 3.05) is 6.61 Å². The number of rotatable bonds is 4. The van der Waals surface area contributed by atoms with Crippen molar-refractivity contribution in [3.63, 3.8) is 0 Å². The van der Waals surface area contributed by atoms with E-state index in [4.69, 9.17) is 4.74 Å². The average molecular weight is 282 g/mol. The van der Waals surface area contributed by atoms with Crippen LogP contribution in [0.1, 0.15) is 47.3 Å². The van der Waals surface area contributed by atoms with Gasteiger partial charge in [-0.3, -0.25) is 0 Å². The van der Waals surface area contributed by atoms with Gasteiger partial charge in [-0.2, -0.15) is 0 Å². The van der Waals surface area contributed by atoms with Crippen LogP contribution in [0.15, 0.2) is 48.5 Å². The fraction of sp³-hybridized carbons (Fsp3) is 0.368. The van der Waals surface area contributed by atoms with E-state index >= 15 is 0 Å². The molecule has 0 fully saturated rings. The molecule has 1 N–H and O–H groups in total. The Labute approximate surface area is 126 Å². The average Bonchev–Trinajstić information content (AvgIpc) is 2.53. The Kier molecular flexibility index (Phi) is 4.37. The lowest BCUT2D eigenvalue weighted by atomic mass is 9.89. The first-order chi connectivity index (χ1) is 10.3. The largest absolute Gasteiger partial charge is 0.386 e. The number of hydrogen-bond donors (Lipinski definition) is 1. The van der Waals surface area contributed by atoms with Crippen LogP contribution in [0, 0.1) is 6.92 Å². The van der Waals surface area contributed by atoms with Crippen molar-refractivity contribution in [2.24, 2.45) is 0 Å². The smallest absolute Gasteiger partial charge is 0.103 e. The van der Waals surface area contributed by atoms with Crippen LogP contribution < -0.4 is 0 Å². The molecule has 0 radical (unpaired) electrons. The van der Waals surface area contributed by atoms with Crippen LogP contribution in [-0.4, -0.2) is 11.7 Å². The predicted octanol–water partition coefficient (Wildman–Crippen LogP) is 4.12. The molecular weight excluding hydrogens is 260 g/mol. The highest BCUT2D eigenvalue weighted by atomic mass is 16.5. The Balaban J connectivity index is 1.67. The third-order valence-electron chi connectivity index (χ3n) is 4.32. The van der Waals surface area contributed by atoms with E-state index in [9.17, 15) is 5.11 Å². The molecule has 0 aliphatic heterocycles. The van der Waals surface area contributed by atoms with Crippen LogP contribution in [0.5, 0.6) is 0 Å². The Hall–Kier alpha value is -1.64. The quantitative estimate of drug-likeness (QED) is 0.914. The highest BCUT2D eigenvalue weighted by Crippen LogP contribution is 2.33. The van der Waals surface area contributed by atoms with Crippen LogP contribution in [0.2, 0.25) is 0 Å². The zero-order chi connectivity index (χ0) is 14.7. The van der Waals surface area contributed by atoms with Crippen molar-refractivity contribution < 1.29 is 9.84 Å². The molecule has 0 heterocycles. The lowest BCUT2D eigenvalue weighted by Gasteiger charge is -2.27. The molecule has 110 valence electrons. The van der Waals surface area contributed by atoms with Crippen LogP contribution in [-0.2, 0) is 11.2 Å².